The van der Waals surface area contributed by atoms with Crippen LogP contribution in [0.5, 0.6) is 0 Å². The molecule has 0 heterocycles. The second-order valence-electron chi connectivity index (χ2n) is 7.14. The summed E-state index contributed by atoms with van der Waals surface area (Å²) in [6.07, 6.45) is 0.835. The molecule has 162 valence electrons. The summed E-state index contributed by atoms with van der Waals surface area (Å²) in [6, 6.07) is 12.7. The summed E-state index contributed by atoms with van der Waals surface area (Å²) in [6.45, 7) is 6.63. The second kappa shape index (κ2) is 12.2. The van der Waals surface area contributed by atoms with Gasteiger partial charge in [0.1, 0.15) is 6.04 Å². The number of benzene rings is 2. The van der Waals surface area contributed by atoms with Crippen LogP contribution in [0.4, 0.5) is 0 Å². The largest absolute Gasteiger partial charge is 0.354 e. The fraction of sp³-hybridized carbons (Fsp3) is 0.391. The van der Waals surface area contributed by atoms with E-state index in [1.54, 1.807) is 41.8 Å². The van der Waals surface area contributed by atoms with Crippen molar-refractivity contribution in [3.63, 3.8) is 0 Å². The van der Waals surface area contributed by atoms with E-state index in [9.17, 15) is 9.59 Å². The molecule has 0 fully saturated rings. The van der Waals surface area contributed by atoms with Crippen molar-refractivity contribution in [2.75, 3.05) is 12.3 Å². The highest BCUT2D eigenvalue weighted by Gasteiger charge is 2.26. The number of rotatable bonds is 10. The Bertz CT molecular complexity index is 876. The van der Waals surface area contributed by atoms with Crippen molar-refractivity contribution in [3.8, 4) is 0 Å². The quantitative estimate of drug-likeness (QED) is 0.504. The number of amides is 2. The Hall–Kier alpha value is -1.69. The first-order chi connectivity index (χ1) is 14.3. The molecule has 0 unspecified atom stereocenters. The first-order valence-corrected chi connectivity index (χ1v) is 11.9. The average Bonchev–Trinajstić information content (AvgIpc) is 2.72. The minimum Gasteiger partial charge on any atom is -0.354 e. The van der Waals surface area contributed by atoms with Gasteiger partial charge in [0.25, 0.3) is 0 Å². The van der Waals surface area contributed by atoms with E-state index in [1.165, 1.54) is 11.1 Å². The normalized spacial score (nSPS) is 11.8. The maximum atomic E-state index is 13.1. The van der Waals surface area contributed by atoms with Gasteiger partial charge in [0.05, 0.1) is 5.75 Å². The number of hydrogen-bond donors (Lipinski definition) is 1. The van der Waals surface area contributed by atoms with Gasteiger partial charge in [-0.2, -0.15) is 0 Å². The summed E-state index contributed by atoms with van der Waals surface area (Å²) in [4.78, 5) is 27.2. The number of thioether (sulfide) groups is 1. The van der Waals surface area contributed by atoms with Crippen molar-refractivity contribution < 1.29 is 9.59 Å². The molecule has 7 heteroatoms. The topological polar surface area (TPSA) is 49.4 Å². The monoisotopic (exact) mass is 466 g/mol. The minimum absolute atomic E-state index is 0.0984. The summed E-state index contributed by atoms with van der Waals surface area (Å²) in [7, 11) is 0. The predicted molar refractivity (Wildman–Crippen MR) is 127 cm³/mol. The Morgan fingerprint density at radius 3 is 2.53 bits per heavy atom. The Balaban J connectivity index is 2.11. The zero-order valence-electron chi connectivity index (χ0n) is 17.6. The standard InChI is InChI=1S/C23H28Cl2N2O2S/c1-4-11-26-23(29)17(3)27(13-18-9-10-20(24)12-21(18)25)22(28)15-30-14-19-8-6-5-7-16(19)2/h5-10,12,17H,4,11,13-15H2,1-3H3,(H,26,29)/t17-/m1/s1. The van der Waals surface area contributed by atoms with Crippen molar-refractivity contribution in [3.05, 3.63) is 69.2 Å². The van der Waals surface area contributed by atoms with Gasteiger partial charge in [0, 0.05) is 28.9 Å². The lowest BCUT2D eigenvalue weighted by molar-refractivity contribution is -0.138. The summed E-state index contributed by atoms with van der Waals surface area (Å²) in [5, 5.41) is 3.88. The molecule has 2 aromatic rings. The SMILES string of the molecule is CCCNC(=O)[C@@H](C)N(Cc1ccc(Cl)cc1Cl)C(=O)CSCc1ccccc1C. The fourth-order valence-electron chi connectivity index (χ4n) is 2.92. The molecule has 2 rings (SSSR count). The van der Waals surface area contributed by atoms with Gasteiger partial charge in [-0.15, -0.1) is 11.8 Å². The van der Waals surface area contributed by atoms with Gasteiger partial charge in [-0.05, 0) is 49.1 Å². The van der Waals surface area contributed by atoms with Crippen LogP contribution in [0.3, 0.4) is 0 Å². The number of aryl methyl sites for hydroxylation is 1. The zero-order valence-corrected chi connectivity index (χ0v) is 19.9. The van der Waals surface area contributed by atoms with Crippen molar-refractivity contribution in [1.29, 1.82) is 0 Å². The zero-order chi connectivity index (χ0) is 22.1. The fourth-order valence-corrected chi connectivity index (χ4v) is 4.37. The van der Waals surface area contributed by atoms with Crippen molar-refractivity contribution in [1.82, 2.24) is 10.2 Å². The molecule has 2 aromatic carbocycles. The lowest BCUT2D eigenvalue weighted by Crippen LogP contribution is -2.48. The molecule has 0 aromatic heterocycles. The molecule has 30 heavy (non-hydrogen) atoms. The Morgan fingerprint density at radius 1 is 1.13 bits per heavy atom. The van der Waals surface area contributed by atoms with Crippen molar-refractivity contribution in [2.24, 2.45) is 0 Å². The van der Waals surface area contributed by atoms with Crippen molar-refractivity contribution >= 4 is 46.8 Å². The number of carbonyl (C=O) groups is 2. The molecular formula is C23H28Cl2N2O2S. The van der Waals surface area contributed by atoms with Gasteiger partial charge >= 0.3 is 0 Å². The molecule has 0 saturated carbocycles. The third kappa shape index (κ3) is 7.22. The molecule has 1 N–H and O–H groups in total. The first-order valence-electron chi connectivity index (χ1n) is 9.96. The summed E-state index contributed by atoms with van der Waals surface area (Å²) in [5.41, 5.74) is 3.17. The molecule has 0 aliphatic heterocycles. The Kier molecular flexibility index (Phi) is 10.0. The van der Waals surface area contributed by atoms with Crippen molar-refractivity contribution in [2.45, 2.75) is 45.5 Å². The van der Waals surface area contributed by atoms with Crippen LogP contribution in [0.1, 0.15) is 37.0 Å². The van der Waals surface area contributed by atoms with Gasteiger partial charge in [-0.25, -0.2) is 0 Å². The second-order valence-corrected chi connectivity index (χ2v) is 8.97. The van der Waals surface area contributed by atoms with Crippen LogP contribution in [0.15, 0.2) is 42.5 Å². The molecule has 0 spiro atoms. The summed E-state index contributed by atoms with van der Waals surface area (Å²) in [5.74, 6) is 0.757. The molecule has 0 bridgehead atoms. The van der Waals surface area contributed by atoms with E-state index in [1.807, 2.05) is 19.1 Å². The number of carbonyl (C=O) groups excluding carboxylic acids is 2. The minimum atomic E-state index is -0.602. The van der Waals surface area contributed by atoms with E-state index in [0.29, 0.717) is 16.6 Å². The highest BCUT2D eigenvalue weighted by molar-refractivity contribution is 7.99. The van der Waals surface area contributed by atoms with Crippen LogP contribution < -0.4 is 5.32 Å². The number of nitrogens with one attached hydrogen (secondary N) is 1. The lowest BCUT2D eigenvalue weighted by Gasteiger charge is -2.29. The van der Waals surface area contributed by atoms with E-state index < -0.39 is 6.04 Å². The van der Waals surface area contributed by atoms with Gasteiger partial charge in [-0.1, -0.05) is 60.5 Å². The third-order valence-corrected chi connectivity index (χ3v) is 6.37. The van der Waals surface area contributed by atoms with Crippen LogP contribution in [0.2, 0.25) is 10.0 Å². The molecule has 0 saturated heterocycles. The molecule has 0 aliphatic rings. The average molecular weight is 467 g/mol. The summed E-state index contributed by atoms with van der Waals surface area (Å²) >= 11 is 13.9. The van der Waals surface area contributed by atoms with Gasteiger partial charge < -0.3 is 10.2 Å². The highest BCUT2D eigenvalue weighted by Crippen LogP contribution is 2.24. The molecule has 0 aliphatic carbocycles. The molecule has 4 nitrogen and oxygen atoms in total. The Morgan fingerprint density at radius 2 is 1.87 bits per heavy atom. The molecule has 0 radical (unpaired) electrons. The van der Waals surface area contributed by atoms with E-state index in [0.717, 1.165) is 17.7 Å². The molecule has 2 amide bonds. The molecule has 1 atom stereocenters. The lowest BCUT2D eigenvalue weighted by atomic mass is 10.1. The predicted octanol–water partition coefficient (Wildman–Crippen LogP) is 5.48. The summed E-state index contributed by atoms with van der Waals surface area (Å²) < 4.78 is 0. The maximum absolute atomic E-state index is 13.1. The highest BCUT2D eigenvalue weighted by atomic mass is 35.5. The van der Waals surface area contributed by atoms with Gasteiger partial charge in [-0.3, -0.25) is 9.59 Å². The third-order valence-electron chi connectivity index (χ3n) is 4.82. The molecular weight excluding hydrogens is 439 g/mol. The smallest absolute Gasteiger partial charge is 0.242 e. The first kappa shape index (κ1) is 24.6. The van der Waals surface area contributed by atoms with E-state index in [2.05, 4.69) is 24.4 Å². The van der Waals surface area contributed by atoms with E-state index in [4.69, 9.17) is 23.2 Å². The maximum Gasteiger partial charge on any atom is 0.242 e. The van der Waals surface area contributed by atoms with Gasteiger partial charge in [0.2, 0.25) is 11.8 Å². The van der Waals surface area contributed by atoms with Crippen LogP contribution in [-0.4, -0.2) is 35.1 Å². The Labute approximate surface area is 193 Å². The van der Waals surface area contributed by atoms with Crippen LogP contribution in [-0.2, 0) is 21.9 Å². The van der Waals surface area contributed by atoms with Crippen LogP contribution in [0, 0.1) is 6.92 Å². The number of hydrogen-bond acceptors (Lipinski definition) is 3. The van der Waals surface area contributed by atoms with Crippen LogP contribution in [0.25, 0.3) is 0 Å². The van der Waals surface area contributed by atoms with E-state index >= 15 is 0 Å². The number of nitrogens with zero attached hydrogens (tertiary/aromatic N) is 1. The van der Waals surface area contributed by atoms with E-state index in [-0.39, 0.29) is 24.1 Å². The number of halogens is 2. The van der Waals surface area contributed by atoms with Crippen LogP contribution >= 0.6 is 35.0 Å². The van der Waals surface area contributed by atoms with Gasteiger partial charge in [0.15, 0.2) is 0 Å².